The van der Waals surface area contributed by atoms with Crippen molar-refractivity contribution in [3.8, 4) is 11.8 Å². The zero-order valence-electron chi connectivity index (χ0n) is 12.9. The molecule has 1 N–H and O–H groups in total. The second kappa shape index (κ2) is 5.85. The fraction of sp³-hybridized carbons (Fsp3) is 0.588. The summed E-state index contributed by atoms with van der Waals surface area (Å²) >= 11 is 0. The Morgan fingerprint density at radius 1 is 1.30 bits per heavy atom. The molecule has 1 aromatic carbocycles. The Morgan fingerprint density at radius 2 is 1.90 bits per heavy atom. The van der Waals surface area contributed by atoms with Gasteiger partial charge in [-0.1, -0.05) is 6.07 Å². The van der Waals surface area contributed by atoms with Gasteiger partial charge in [-0.25, -0.2) is 0 Å². The first kappa shape index (κ1) is 14.9. The largest absolute Gasteiger partial charge is 0.491 e. The van der Waals surface area contributed by atoms with E-state index in [0.29, 0.717) is 12.5 Å². The third-order valence-corrected chi connectivity index (χ3v) is 3.68. The Hall–Kier alpha value is -1.53. The monoisotopic (exact) mass is 272 g/mol. The van der Waals surface area contributed by atoms with Gasteiger partial charge in [0.25, 0.3) is 0 Å². The van der Waals surface area contributed by atoms with Crippen LogP contribution in [0.5, 0.6) is 5.75 Å². The fourth-order valence-electron chi connectivity index (χ4n) is 2.74. The standard InChI is InChI=1S/C17H24N2O/c1-12(2)19-17(10-18,15-5-6-15)11-20-16-8-13(3)7-14(4)9-16/h7-9,12,15,19H,5-6,11H2,1-4H3. The summed E-state index contributed by atoms with van der Waals surface area (Å²) in [6.45, 7) is 8.68. The van der Waals surface area contributed by atoms with E-state index in [0.717, 1.165) is 18.6 Å². The Balaban J connectivity index is 2.10. The van der Waals surface area contributed by atoms with Crippen LogP contribution in [0.2, 0.25) is 0 Å². The Morgan fingerprint density at radius 3 is 2.35 bits per heavy atom. The number of nitrogens with zero attached hydrogens (tertiary/aromatic N) is 1. The van der Waals surface area contributed by atoms with Crippen molar-refractivity contribution in [2.45, 2.75) is 52.1 Å². The molecular formula is C17H24N2O. The second-order valence-corrected chi connectivity index (χ2v) is 6.27. The molecule has 3 heteroatoms. The van der Waals surface area contributed by atoms with E-state index < -0.39 is 5.54 Å². The van der Waals surface area contributed by atoms with Crippen LogP contribution in [0, 0.1) is 31.1 Å². The lowest BCUT2D eigenvalue weighted by Crippen LogP contribution is -2.53. The van der Waals surface area contributed by atoms with Crippen molar-refractivity contribution in [2.24, 2.45) is 5.92 Å². The summed E-state index contributed by atoms with van der Waals surface area (Å²) < 4.78 is 5.94. The molecule has 1 atom stereocenters. The molecule has 1 unspecified atom stereocenters. The zero-order valence-corrected chi connectivity index (χ0v) is 12.9. The summed E-state index contributed by atoms with van der Waals surface area (Å²) in [4.78, 5) is 0. The molecule has 0 spiro atoms. The number of nitriles is 1. The van der Waals surface area contributed by atoms with Gasteiger partial charge in [-0.3, -0.25) is 5.32 Å². The first-order valence-corrected chi connectivity index (χ1v) is 7.35. The molecule has 1 aromatic rings. The van der Waals surface area contributed by atoms with Crippen LogP contribution in [0.25, 0.3) is 0 Å². The van der Waals surface area contributed by atoms with E-state index in [-0.39, 0.29) is 6.04 Å². The van der Waals surface area contributed by atoms with Crippen LogP contribution in [0.4, 0.5) is 0 Å². The van der Waals surface area contributed by atoms with Gasteiger partial charge in [-0.15, -0.1) is 0 Å². The molecule has 0 aliphatic heterocycles. The lowest BCUT2D eigenvalue weighted by molar-refractivity contribution is 0.192. The summed E-state index contributed by atoms with van der Waals surface area (Å²) in [6.07, 6.45) is 2.23. The fourth-order valence-corrected chi connectivity index (χ4v) is 2.74. The summed E-state index contributed by atoms with van der Waals surface area (Å²) in [5.74, 6) is 1.27. The average molecular weight is 272 g/mol. The van der Waals surface area contributed by atoms with Crippen molar-refractivity contribution < 1.29 is 4.74 Å². The van der Waals surface area contributed by atoms with Crippen LogP contribution in [0.3, 0.4) is 0 Å². The quantitative estimate of drug-likeness (QED) is 0.863. The molecule has 20 heavy (non-hydrogen) atoms. The maximum atomic E-state index is 9.63. The van der Waals surface area contributed by atoms with Gasteiger partial charge < -0.3 is 4.74 Å². The van der Waals surface area contributed by atoms with E-state index >= 15 is 0 Å². The Kier molecular flexibility index (Phi) is 4.35. The van der Waals surface area contributed by atoms with E-state index in [1.165, 1.54) is 11.1 Å². The number of rotatable bonds is 6. The van der Waals surface area contributed by atoms with Crippen LogP contribution in [-0.2, 0) is 0 Å². The molecular weight excluding hydrogens is 248 g/mol. The molecule has 108 valence electrons. The van der Waals surface area contributed by atoms with E-state index in [4.69, 9.17) is 4.74 Å². The van der Waals surface area contributed by atoms with Gasteiger partial charge >= 0.3 is 0 Å². The molecule has 0 amide bonds. The first-order valence-electron chi connectivity index (χ1n) is 7.35. The minimum atomic E-state index is -0.550. The highest BCUT2D eigenvalue weighted by Crippen LogP contribution is 2.40. The van der Waals surface area contributed by atoms with Crippen LogP contribution in [0.1, 0.15) is 37.8 Å². The Bertz CT molecular complexity index is 494. The molecule has 0 radical (unpaired) electrons. The van der Waals surface area contributed by atoms with Gasteiger partial charge in [0, 0.05) is 6.04 Å². The third-order valence-electron chi connectivity index (χ3n) is 3.68. The van der Waals surface area contributed by atoms with Gasteiger partial charge in [-0.2, -0.15) is 5.26 Å². The molecule has 2 rings (SSSR count). The van der Waals surface area contributed by atoms with Gasteiger partial charge in [0.15, 0.2) is 0 Å². The Labute approximate surface area is 121 Å². The van der Waals surface area contributed by atoms with Gasteiger partial charge in [-0.05, 0) is 69.7 Å². The lowest BCUT2D eigenvalue weighted by atomic mass is 9.95. The number of hydrogen-bond donors (Lipinski definition) is 1. The SMILES string of the molecule is Cc1cc(C)cc(OCC(C#N)(NC(C)C)C2CC2)c1. The van der Waals surface area contributed by atoms with Gasteiger partial charge in [0.1, 0.15) is 17.9 Å². The summed E-state index contributed by atoms with van der Waals surface area (Å²) in [5, 5.41) is 13.0. The molecule has 1 saturated carbocycles. The number of nitrogens with one attached hydrogen (secondary N) is 1. The molecule has 1 fully saturated rings. The number of aryl methyl sites for hydroxylation is 2. The van der Waals surface area contributed by atoms with Crippen molar-refractivity contribution in [1.29, 1.82) is 5.26 Å². The van der Waals surface area contributed by atoms with Crippen molar-refractivity contribution in [1.82, 2.24) is 5.32 Å². The van der Waals surface area contributed by atoms with Crippen molar-refractivity contribution in [2.75, 3.05) is 6.61 Å². The predicted octanol–water partition coefficient (Wildman–Crippen LogP) is 3.35. The third kappa shape index (κ3) is 3.52. The minimum absolute atomic E-state index is 0.276. The van der Waals surface area contributed by atoms with Crippen molar-refractivity contribution >= 4 is 0 Å². The summed E-state index contributed by atoms with van der Waals surface area (Å²) in [6, 6.07) is 8.92. The molecule has 1 aliphatic rings. The minimum Gasteiger partial charge on any atom is -0.491 e. The highest BCUT2D eigenvalue weighted by Gasteiger charge is 2.46. The molecule has 3 nitrogen and oxygen atoms in total. The maximum absolute atomic E-state index is 9.63. The number of ether oxygens (including phenoxy) is 1. The molecule has 0 heterocycles. The van der Waals surface area contributed by atoms with Crippen molar-refractivity contribution in [3.63, 3.8) is 0 Å². The molecule has 0 saturated heterocycles. The van der Waals surface area contributed by atoms with Crippen molar-refractivity contribution in [3.05, 3.63) is 29.3 Å². The summed E-state index contributed by atoms with van der Waals surface area (Å²) in [5.41, 5.74) is 1.82. The van der Waals surface area contributed by atoms with E-state index in [1.54, 1.807) is 0 Å². The number of benzene rings is 1. The zero-order chi connectivity index (χ0) is 14.8. The maximum Gasteiger partial charge on any atom is 0.144 e. The highest BCUT2D eigenvalue weighted by molar-refractivity contribution is 5.33. The van der Waals surface area contributed by atoms with Crippen LogP contribution in [-0.4, -0.2) is 18.2 Å². The predicted molar refractivity (Wildman–Crippen MR) is 80.8 cm³/mol. The normalized spacial score (nSPS) is 17.6. The highest BCUT2D eigenvalue weighted by atomic mass is 16.5. The van der Waals surface area contributed by atoms with Crippen LogP contribution >= 0.6 is 0 Å². The second-order valence-electron chi connectivity index (χ2n) is 6.27. The molecule has 0 bridgehead atoms. The average Bonchev–Trinajstić information content (AvgIpc) is 3.17. The number of hydrogen-bond acceptors (Lipinski definition) is 3. The first-order chi connectivity index (χ1) is 9.45. The van der Waals surface area contributed by atoms with Gasteiger partial charge in [0.2, 0.25) is 0 Å². The van der Waals surface area contributed by atoms with E-state index in [9.17, 15) is 5.26 Å². The van der Waals surface area contributed by atoms with Gasteiger partial charge in [0.05, 0.1) is 6.07 Å². The topological polar surface area (TPSA) is 45.0 Å². The van der Waals surface area contributed by atoms with Crippen LogP contribution in [0.15, 0.2) is 18.2 Å². The molecule has 0 aromatic heterocycles. The van der Waals surface area contributed by atoms with Crippen LogP contribution < -0.4 is 10.1 Å². The van der Waals surface area contributed by atoms with E-state index in [2.05, 4.69) is 45.1 Å². The summed E-state index contributed by atoms with van der Waals surface area (Å²) in [7, 11) is 0. The molecule has 1 aliphatic carbocycles. The smallest absolute Gasteiger partial charge is 0.144 e. The van der Waals surface area contributed by atoms with E-state index in [1.807, 2.05) is 12.1 Å². The lowest BCUT2D eigenvalue weighted by Gasteiger charge is -2.30.